The van der Waals surface area contributed by atoms with E-state index >= 15 is 0 Å². The van der Waals surface area contributed by atoms with Crippen molar-refractivity contribution >= 4 is 15.9 Å². The number of hydrogen-bond donors (Lipinski definition) is 0. The fourth-order valence-electron chi connectivity index (χ4n) is 2.11. The Labute approximate surface area is 97.0 Å². The topological polar surface area (TPSA) is 23.8 Å². The first kappa shape index (κ1) is 10.6. The van der Waals surface area contributed by atoms with E-state index < -0.39 is 5.41 Å². The maximum Gasteiger partial charge on any atom is 0.127 e. The Morgan fingerprint density at radius 3 is 2.47 bits per heavy atom. The first-order valence-electron chi connectivity index (χ1n) is 4.89. The predicted molar refractivity (Wildman–Crippen MR) is 60.1 cm³/mol. The van der Waals surface area contributed by atoms with Crippen molar-refractivity contribution in [2.45, 2.75) is 32.1 Å². The van der Waals surface area contributed by atoms with E-state index in [1.807, 2.05) is 6.92 Å². The van der Waals surface area contributed by atoms with Crippen LogP contribution in [0.15, 0.2) is 10.5 Å². The molecule has 0 unspecified atom stereocenters. The molecule has 2 rings (SSSR count). The molecule has 3 heteroatoms. The Hall–Kier alpha value is -0.880. The van der Waals surface area contributed by atoms with Crippen molar-refractivity contribution in [3.8, 4) is 6.07 Å². The van der Waals surface area contributed by atoms with Crippen molar-refractivity contribution in [2.75, 3.05) is 0 Å². The second-order valence-corrected chi connectivity index (χ2v) is 5.01. The molecule has 1 fully saturated rings. The summed E-state index contributed by atoms with van der Waals surface area (Å²) >= 11 is 3.33. The zero-order valence-corrected chi connectivity index (χ0v) is 10.3. The van der Waals surface area contributed by atoms with Crippen LogP contribution >= 0.6 is 15.9 Å². The van der Waals surface area contributed by atoms with Crippen molar-refractivity contribution in [1.82, 2.24) is 0 Å². The largest absolute Gasteiger partial charge is 0.207 e. The van der Waals surface area contributed by atoms with Crippen LogP contribution in [0, 0.1) is 31.0 Å². The maximum atomic E-state index is 13.6. The van der Waals surface area contributed by atoms with Gasteiger partial charge in [0.1, 0.15) is 5.82 Å². The molecule has 0 aromatic heterocycles. The van der Waals surface area contributed by atoms with Crippen molar-refractivity contribution in [1.29, 1.82) is 5.26 Å². The number of hydrogen-bond acceptors (Lipinski definition) is 1. The fraction of sp³-hybridized carbons (Fsp3) is 0.417. The van der Waals surface area contributed by atoms with Crippen LogP contribution in [0.4, 0.5) is 4.39 Å². The van der Waals surface area contributed by atoms with E-state index in [-0.39, 0.29) is 5.82 Å². The van der Waals surface area contributed by atoms with E-state index in [2.05, 4.69) is 22.0 Å². The van der Waals surface area contributed by atoms with Crippen molar-refractivity contribution in [2.24, 2.45) is 0 Å². The average Bonchev–Trinajstić information content (AvgIpc) is 2.96. The SMILES string of the molecule is Cc1c(F)cc(Br)c(C)c1C1(C#N)CC1. The Kier molecular flexibility index (Phi) is 2.35. The van der Waals surface area contributed by atoms with E-state index in [9.17, 15) is 4.39 Å². The second-order valence-electron chi connectivity index (χ2n) is 4.16. The van der Waals surface area contributed by atoms with Gasteiger partial charge >= 0.3 is 0 Å². The van der Waals surface area contributed by atoms with Gasteiger partial charge in [0.15, 0.2) is 0 Å². The smallest absolute Gasteiger partial charge is 0.127 e. The van der Waals surface area contributed by atoms with Crippen LogP contribution < -0.4 is 0 Å². The maximum absolute atomic E-state index is 13.6. The summed E-state index contributed by atoms with van der Waals surface area (Å²) < 4.78 is 14.3. The molecule has 1 aromatic carbocycles. The minimum Gasteiger partial charge on any atom is -0.207 e. The van der Waals surface area contributed by atoms with E-state index in [0.29, 0.717) is 5.56 Å². The van der Waals surface area contributed by atoms with E-state index in [0.717, 1.165) is 28.4 Å². The van der Waals surface area contributed by atoms with Gasteiger partial charge < -0.3 is 0 Å². The summed E-state index contributed by atoms with van der Waals surface area (Å²) in [7, 11) is 0. The van der Waals surface area contributed by atoms with Crippen LogP contribution in [0.2, 0.25) is 0 Å². The number of nitriles is 1. The number of benzene rings is 1. The summed E-state index contributed by atoms with van der Waals surface area (Å²) in [6.07, 6.45) is 1.70. The van der Waals surface area contributed by atoms with Gasteiger partial charge in [-0.25, -0.2) is 4.39 Å². The summed E-state index contributed by atoms with van der Waals surface area (Å²) in [5, 5.41) is 9.15. The monoisotopic (exact) mass is 267 g/mol. The van der Waals surface area contributed by atoms with Gasteiger partial charge in [0.05, 0.1) is 11.5 Å². The molecular formula is C12H11BrFN. The van der Waals surface area contributed by atoms with Crippen molar-refractivity contribution in [3.05, 3.63) is 33.0 Å². The van der Waals surface area contributed by atoms with Crippen molar-refractivity contribution < 1.29 is 4.39 Å². The molecule has 0 heterocycles. The highest BCUT2D eigenvalue weighted by Crippen LogP contribution is 2.51. The minimum atomic E-state index is -0.418. The van der Waals surface area contributed by atoms with E-state index in [1.165, 1.54) is 6.07 Å². The molecule has 0 bridgehead atoms. The van der Waals surface area contributed by atoms with Gasteiger partial charge in [0.25, 0.3) is 0 Å². The molecule has 1 aliphatic carbocycles. The van der Waals surface area contributed by atoms with Crippen LogP contribution in [0.5, 0.6) is 0 Å². The van der Waals surface area contributed by atoms with Gasteiger partial charge in [-0.1, -0.05) is 15.9 Å². The van der Waals surface area contributed by atoms with Gasteiger partial charge in [-0.05, 0) is 49.4 Å². The normalized spacial score (nSPS) is 17.3. The van der Waals surface area contributed by atoms with Gasteiger partial charge in [-0.3, -0.25) is 0 Å². The summed E-state index contributed by atoms with van der Waals surface area (Å²) in [6, 6.07) is 3.79. The highest BCUT2D eigenvalue weighted by molar-refractivity contribution is 9.10. The molecule has 1 saturated carbocycles. The second kappa shape index (κ2) is 3.31. The fourth-order valence-corrected chi connectivity index (χ4v) is 2.51. The predicted octanol–water partition coefficient (Wildman–Crippen LogP) is 3.76. The number of halogens is 2. The molecule has 15 heavy (non-hydrogen) atoms. The molecule has 0 spiro atoms. The molecule has 1 aliphatic rings. The lowest BCUT2D eigenvalue weighted by Gasteiger charge is -2.16. The van der Waals surface area contributed by atoms with Gasteiger partial charge in [-0.15, -0.1) is 0 Å². The lowest BCUT2D eigenvalue weighted by atomic mass is 9.89. The quantitative estimate of drug-likeness (QED) is 0.760. The van der Waals surface area contributed by atoms with Gasteiger partial charge in [-0.2, -0.15) is 5.26 Å². The third-order valence-electron chi connectivity index (χ3n) is 3.16. The van der Waals surface area contributed by atoms with E-state index in [1.54, 1.807) is 6.92 Å². The Balaban J connectivity index is 2.71. The molecule has 0 radical (unpaired) electrons. The van der Waals surface area contributed by atoms with Gasteiger partial charge in [0, 0.05) is 4.47 Å². The first-order valence-corrected chi connectivity index (χ1v) is 5.68. The average molecular weight is 268 g/mol. The summed E-state index contributed by atoms with van der Waals surface area (Å²) in [5.74, 6) is -0.232. The third kappa shape index (κ3) is 1.48. The molecule has 0 aliphatic heterocycles. The minimum absolute atomic E-state index is 0.232. The lowest BCUT2D eigenvalue weighted by Crippen LogP contribution is -2.10. The third-order valence-corrected chi connectivity index (χ3v) is 3.99. The van der Waals surface area contributed by atoms with E-state index in [4.69, 9.17) is 5.26 Å². The highest BCUT2D eigenvalue weighted by Gasteiger charge is 2.47. The lowest BCUT2D eigenvalue weighted by molar-refractivity contribution is 0.610. The van der Waals surface area contributed by atoms with Crippen LogP contribution in [-0.4, -0.2) is 0 Å². The Bertz CT molecular complexity index is 443. The number of nitrogens with zero attached hydrogens (tertiary/aromatic N) is 1. The van der Waals surface area contributed by atoms with Crippen molar-refractivity contribution in [3.63, 3.8) is 0 Å². The molecule has 78 valence electrons. The van der Waals surface area contributed by atoms with Gasteiger partial charge in [0.2, 0.25) is 0 Å². The highest BCUT2D eigenvalue weighted by atomic mass is 79.9. The molecule has 1 nitrogen and oxygen atoms in total. The molecule has 0 amide bonds. The zero-order chi connectivity index (χ0) is 11.2. The molecule has 0 atom stereocenters. The zero-order valence-electron chi connectivity index (χ0n) is 8.69. The Morgan fingerprint density at radius 2 is 2.00 bits per heavy atom. The summed E-state index contributed by atoms with van der Waals surface area (Å²) in [6.45, 7) is 3.69. The molecule has 0 saturated heterocycles. The van der Waals surface area contributed by atoms with Crippen LogP contribution in [-0.2, 0) is 5.41 Å². The van der Waals surface area contributed by atoms with Crippen LogP contribution in [0.3, 0.4) is 0 Å². The first-order chi connectivity index (χ1) is 7.02. The number of rotatable bonds is 1. The molecule has 1 aromatic rings. The molecule has 0 N–H and O–H groups in total. The summed E-state index contributed by atoms with van der Waals surface area (Å²) in [4.78, 5) is 0. The molecular weight excluding hydrogens is 257 g/mol. The Morgan fingerprint density at radius 1 is 1.40 bits per heavy atom. The van der Waals surface area contributed by atoms with Crippen LogP contribution in [0.1, 0.15) is 29.5 Å². The summed E-state index contributed by atoms with van der Waals surface area (Å²) in [5.41, 5.74) is 2.08. The standard InChI is InChI=1S/C12H11BrFN/c1-7-9(13)5-10(14)8(2)11(7)12(6-15)3-4-12/h5H,3-4H2,1-2H3. The van der Waals surface area contributed by atoms with Crippen LogP contribution in [0.25, 0.3) is 0 Å².